The third-order valence-corrected chi connectivity index (χ3v) is 2.72. The number of hydrogen-bond acceptors (Lipinski definition) is 3. The maximum Gasteiger partial charge on any atom is 0.337 e. The second-order valence-corrected chi connectivity index (χ2v) is 5.71. The predicted molar refractivity (Wildman–Crippen MR) is 69.3 cm³/mol. The third-order valence-electron chi connectivity index (χ3n) is 2.26. The molecule has 0 N–H and O–H groups in total. The molecule has 0 bridgehead atoms. The second-order valence-electron chi connectivity index (χ2n) is 4.80. The normalized spacial score (nSPS) is 11.1. The number of Topliss-reactive ketones (excluding diaryl/α,β-unsaturated/α-hetero) is 1. The van der Waals surface area contributed by atoms with Crippen LogP contribution in [-0.2, 0) is 4.74 Å². The van der Waals surface area contributed by atoms with Gasteiger partial charge in [-0.15, -0.1) is 0 Å². The molecule has 0 spiro atoms. The number of esters is 1. The molecule has 0 atom stereocenters. The molecule has 4 heteroatoms. The van der Waals surface area contributed by atoms with Crippen molar-refractivity contribution in [3.63, 3.8) is 0 Å². The van der Waals surface area contributed by atoms with Crippen LogP contribution in [0.5, 0.6) is 0 Å². The summed E-state index contributed by atoms with van der Waals surface area (Å²) in [6, 6.07) is 4.90. The van der Waals surface area contributed by atoms with Crippen molar-refractivity contribution in [3.8, 4) is 0 Å². The average Bonchev–Trinajstić information content (AvgIpc) is 2.24. The van der Waals surface area contributed by atoms with E-state index in [0.29, 0.717) is 15.6 Å². The SMILES string of the molecule is COC(=O)c1cc(Br)cc(C(=O)C(C)(C)C)c1. The van der Waals surface area contributed by atoms with Gasteiger partial charge < -0.3 is 4.74 Å². The van der Waals surface area contributed by atoms with Crippen LogP contribution in [0.3, 0.4) is 0 Å². The fourth-order valence-corrected chi connectivity index (χ4v) is 1.88. The lowest BCUT2D eigenvalue weighted by Gasteiger charge is -2.17. The molecule has 92 valence electrons. The lowest BCUT2D eigenvalue weighted by atomic mass is 9.86. The Hall–Kier alpha value is -1.16. The van der Waals surface area contributed by atoms with Gasteiger partial charge in [-0.1, -0.05) is 36.7 Å². The largest absolute Gasteiger partial charge is 0.465 e. The van der Waals surface area contributed by atoms with E-state index in [9.17, 15) is 9.59 Å². The second kappa shape index (κ2) is 5.00. The van der Waals surface area contributed by atoms with Crippen molar-refractivity contribution < 1.29 is 14.3 Å². The van der Waals surface area contributed by atoms with Crippen LogP contribution >= 0.6 is 15.9 Å². The molecule has 0 aliphatic rings. The summed E-state index contributed by atoms with van der Waals surface area (Å²) in [4.78, 5) is 23.5. The highest BCUT2D eigenvalue weighted by atomic mass is 79.9. The number of benzene rings is 1. The van der Waals surface area contributed by atoms with Crippen molar-refractivity contribution in [2.24, 2.45) is 5.41 Å². The minimum atomic E-state index is -0.478. The maximum atomic E-state index is 12.1. The van der Waals surface area contributed by atoms with E-state index in [0.717, 1.165) is 0 Å². The smallest absolute Gasteiger partial charge is 0.337 e. The van der Waals surface area contributed by atoms with Gasteiger partial charge in [0.1, 0.15) is 0 Å². The molecule has 1 aromatic carbocycles. The molecule has 17 heavy (non-hydrogen) atoms. The van der Waals surface area contributed by atoms with Crippen LogP contribution in [0.4, 0.5) is 0 Å². The Bertz CT molecular complexity index is 458. The Morgan fingerprint density at radius 3 is 2.12 bits per heavy atom. The van der Waals surface area contributed by atoms with Gasteiger partial charge in [0.15, 0.2) is 5.78 Å². The maximum absolute atomic E-state index is 12.1. The van der Waals surface area contributed by atoms with Gasteiger partial charge in [0.2, 0.25) is 0 Å². The molecule has 0 aromatic heterocycles. The van der Waals surface area contributed by atoms with E-state index < -0.39 is 11.4 Å². The molecule has 1 rings (SSSR count). The molecule has 0 amide bonds. The highest BCUT2D eigenvalue weighted by Crippen LogP contribution is 2.24. The Balaban J connectivity index is 3.23. The van der Waals surface area contributed by atoms with Gasteiger partial charge in [0.25, 0.3) is 0 Å². The predicted octanol–water partition coefficient (Wildman–Crippen LogP) is 3.46. The average molecular weight is 299 g/mol. The number of halogens is 1. The summed E-state index contributed by atoms with van der Waals surface area (Å²) < 4.78 is 5.33. The van der Waals surface area contributed by atoms with E-state index in [2.05, 4.69) is 20.7 Å². The van der Waals surface area contributed by atoms with E-state index in [-0.39, 0.29) is 5.78 Å². The minimum Gasteiger partial charge on any atom is -0.465 e. The summed E-state index contributed by atoms with van der Waals surface area (Å²) in [7, 11) is 1.31. The zero-order valence-electron chi connectivity index (χ0n) is 10.3. The number of carbonyl (C=O) groups excluding carboxylic acids is 2. The van der Waals surface area contributed by atoms with Crippen LogP contribution in [-0.4, -0.2) is 18.9 Å². The number of ether oxygens (including phenoxy) is 1. The molecule has 1 aromatic rings. The summed E-state index contributed by atoms with van der Waals surface area (Å²) in [6.07, 6.45) is 0. The summed E-state index contributed by atoms with van der Waals surface area (Å²) in [6.45, 7) is 5.52. The van der Waals surface area contributed by atoms with Crippen molar-refractivity contribution in [2.75, 3.05) is 7.11 Å². The van der Waals surface area contributed by atoms with Crippen molar-refractivity contribution in [1.29, 1.82) is 0 Å². The first-order chi connectivity index (χ1) is 7.75. The molecule has 0 aliphatic carbocycles. The monoisotopic (exact) mass is 298 g/mol. The highest BCUT2D eigenvalue weighted by Gasteiger charge is 2.24. The minimum absolute atomic E-state index is 0.0102. The van der Waals surface area contributed by atoms with Gasteiger partial charge in [0, 0.05) is 15.5 Å². The Morgan fingerprint density at radius 2 is 1.65 bits per heavy atom. The molecule has 0 heterocycles. The third kappa shape index (κ3) is 3.40. The summed E-state index contributed by atoms with van der Waals surface area (Å²) in [5, 5.41) is 0. The van der Waals surface area contributed by atoms with E-state index in [1.54, 1.807) is 18.2 Å². The number of hydrogen-bond donors (Lipinski definition) is 0. The molecule has 0 saturated heterocycles. The summed E-state index contributed by atoms with van der Waals surface area (Å²) >= 11 is 3.29. The molecule has 0 fully saturated rings. The molecular weight excluding hydrogens is 284 g/mol. The zero-order chi connectivity index (χ0) is 13.2. The number of methoxy groups -OCH3 is 1. The van der Waals surface area contributed by atoms with Crippen molar-refractivity contribution in [2.45, 2.75) is 20.8 Å². The zero-order valence-corrected chi connectivity index (χ0v) is 11.9. The Morgan fingerprint density at radius 1 is 1.12 bits per heavy atom. The first kappa shape index (κ1) is 13.9. The van der Waals surface area contributed by atoms with Crippen LogP contribution in [0.2, 0.25) is 0 Å². The molecule has 3 nitrogen and oxygen atoms in total. The van der Waals surface area contributed by atoms with E-state index in [4.69, 9.17) is 0 Å². The van der Waals surface area contributed by atoms with Crippen LogP contribution in [0.1, 0.15) is 41.5 Å². The van der Waals surface area contributed by atoms with Gasteiger partial charge in [-0.2, -0.15) is 0 Å². The van der Waals surface area contributed by atoms with Gasteiger partial charge in [-0.3, -0.25) is 4.79 Å². The van der Waals surface area contributed by atoms with Crippen LogP contribution in [0, 0.1) is 5.41 Å². The first-order valence-electron chi connectivity index (χ1n) is 5.19. The highest BCUT2D eigenvalue weighted by molar-refractivity contribution is 9.10. The van der Waals surface area contributed by atoms with Gasteiger partial charge in [-0.25, -0.2) is 4.79 Å². The van der Waals surface area contributed by atoms with Gasteiger partial charge in [-0.05, 0) is 18.2 Å². The quantitative estimate of drug-likeness (QED) is 0.620. The summed E-state index contributed by atoms with van der Waals surface area (Å²) in [5.74, 6) is -0.460. The summed E-state index contributed by atoms with van der Waals surface area (Å²) in [5.41, 5.74) is 0.399. The standard InChI is InChI=1S/C13H15BrO3/c1-13(2,3)11(15)8-5-9(12(16)17-4)7-10(14)6-8/h5-7H,1-4H3. The fraction of sp³-hybridized carbons (Fsp3) is 0.385. The number of ketones is 1. The van der Waals surface area contributed by atoms with Gasteiger partial charge in [0.05, 0.1) is 12.7 Å². The topological polar surface area (TPSA) is 43.4 Å². The Labute approximate surface area is 109 Å². The number of rotatable bonds is 2. The molecule has 0 saturated carbocycles. The van der Waals surface area contributed by atoms with E-state index in [1.165, 1.54) is 7.11 Å². The number of carbonyl (C=O) groups is 2. The van der Waals surface area contributed by atoms with Crippen molar-refractivity contribution in [3.05, 3.63) is 33.8 Å². The molecule has 0 radical (unpaired) electrons. The van der Waals surface area contributed by atoms with E-state index in [1.807, 2.05) is 20.8 Å². The molecule has 0 unspecified atom stereocenters. The van der Waals surface area contributed by atoms with E-state index >= 15 is 0 Å². The molecule has 0 aliphatic heterocycles. The lowest BCUT2D eigenvalue weighted by molar-refractivity contribution is 0.0600. The first-order valence-corrected chi connectivity index (χ1v) is 5.98. The lowest BCUT2D eigenvalue weighted by Crippen LogP contribution is -2.20. The van der Waals surface area contributed by atoms with Crippen molar-refractivity contribution >= 4 is 27.7 Å². The van der Waals surface area contributed by atoms with Crippen LogP contribution in [0.25, 0.3) is 0 Å². The van der Waals surface area contributed by atoms with Gasteiger partial charge >= 0.3 is 5.97 Å². The van der Waals surface area contributed by atoms with Crippen LogP contribution in [0.15, 0.2) is 22.7 Å². The fourth-order valence-electron chi connectivity index (χ4n) is 1.39. The Kier molecular flexibility index (Phi) is 4.09. The van der Waals surface area contributed by atoms with Crippen molar-refractivity contribution in [1.82, 2.24) is 0 Å². The van der Waals surface area contributed by atoms with Crippen LogP contribution < -0.4 is 0 Å². The molecular formula is C13H15BrO3.